The predicted molar refractivity (Wildman–Crippen MR) is 81.8 cm³/mol. The first-order valence-corrected chi connectivity index (χ1v) is 6.28. The van der Waals surface area contributed by atoms with Crippen LogP contribution in [0.4, 0.5) is 0 Å². The molecule has 0 spiro atoms. The summed E-state index contributed by atoms with van der Waals surface area (Å²) in [5.74, 6) is 0. The third-order valence-corrected chi connectivity index (χ3v) is 3.31. The summed E-state index contributed by atoms with van der Waals surface area (Å²) in [6.07, 6.45) is -0.125. The first kappa shape index (κ1) is 16.0. The summed E-state index contributed by atoms with van der Waals surface area (Å²) < 4.78 is 0. The Morgan fingerprint density at radius 2 is 1.58 bits per heavy atom. The van der Waals surface area contributed by atoms with Gasteiger partial charge in [-0.05, 0) is 17.2 Å². The Balaban J connectivity index is 0.00000180. The molecule has 0 amide bonds. The van der Waals surface area contributed by atoms with E-state index in [1.54, 1.807) is 6.07 Å². The first-order valence-electron chi connectivity index (χ1n) is 5.90. The van der Waals surface area contributed by atoms with E-state index in [1.807, 2.05) is 48.5 Å². The number of aliphatic hydroxyl groups excluding tert-OH is 1. The van der Waals surface area contributed by atoms with Crippen molar-refractivity contribution in [2.24, 2.45) is 5.73 Å². The molecule has 2 aromatic rings. The second-order valence-electron chi connectivity index (χ2n) is 4.30. The van der Waals surface area contributed by atoms with Crippen molar-refractivity contribution in [3.8, 4) is 0 Å². The second-order valence-corrected chi connectivity index (χ2v) is 4.71. The Morgan fingerprint density at radius 1 is 1.00 bits per heavy atom. The average molecular weight is 298 g/mol. The Bertz CT molecular complexity index is 505. The Morgan fingerprint density at radius 3 is 2.21 bits per heavy atom. The van der Waals surface area contributed by atoms with Crippen molar-refractivity contribution < 1.29 is 5.11 Å². The third kappa shape index (κ3) is 4.22. The fourth-order valence-corrected chi connectivity index (χ4v) is 2.20. The lowest BCUT2D eigenvalue weighted by atomic mass is 9.97. The molecule has 0 aliphatic carbocycles. The van der Waals surface area contributed by atoms with E-state index in [1.165, 1.54) is 0 Å². The van der Waals surface area contributed by atoms with Crippen molar-refractivity contribution in [1.82, 2.24) is 0 Å². The average Bonchev–Trinajstić information content (AvgIpc) is 2.39. The number of halogens is 2. The largest absolute Gasteiger partial charge is 0.391 e. The van der Waals surface area contributed by atoms with Crippen molar-refractivity contribution in [2.45, 2.75) is 18.6 Å². The van der Waals surface area contributed by atoms with Gasteiger partial charge < -0.3 is 10.8 Å². The van der Waals surface area contributed by atoms with E-state index in [0.29, 0.717) is 11.4 Å². The first-order chi connectivity index (χ1) is 8.68. The summed E-state index contributed by atoms with van der Waals surface area (Å²) in [6.45, 7) is 0. The lowest BCUT2D eigenvalue weighted by Crippen LogP contribution is -2.28. The van der Waals surface area contributed by atoms with Crippen molar-refractivity contribution in [3.63, 3.8) is 0 Å². The zero-order valence-corrected chi connectivity index (χ0v) is 11.9. The monoisotopic (exact) mass is 297 g/mol. The summed E-state index contributed by atoms with van der Waals surface area (Å²) in [5.41, 5.74) is 7.90. The van der Waals surface area contributed by atoms with Crippen LogP contribution in [-0.2, 0) is 6.42 Å². The highest BCUT2D eigenvalue weighted by atomic mass is 35.5. The fraction of sp³-hybridized carbons (Fsp3) is 0.200. The highest BCUT2D eigenvalue weighted by Gasteiger charge is 2.19. The number of hydrogen-bond acceptors (Lipinski definition) is 2. The molecule has 2 nitrogen and oxygen atoms in total. The summed E-state index contributed by atoms with van der Waals surface area (Å²) >= 11 is 6.08. The van der Waals surface area contributed by atoms with E-state index in [4.69, 9.17) is 17.3 Å². The molecule has 3 N–H and O–H groups in total. The molecular weight excluding hydrogens is 281 g/mol. The molecule has 0 saturated heterocycles. The van der Waals surface area contributed by atoms with Crippen molar-refractivity contribution in [2.75, 3.05) is 0 Å². The van der Waals surface area contributed by atoms with Gasteiger partial charge in [0.05, 0.1) is 12.1 Å². The molecule has 4 heteroatoms. The van der Waals surface area contributed by atoms with Crippen LogP contribution in [0.1, 0.15) is 17.2 Å². The van der Waals surface area contributed by atoms with Crippen LogP contribution < -0.4 is 5.73 Å². The quantitative estimate of drug-likeness (QED) is 0.909. The van der Waals surface area contributed by atoms with Crippen LogP contribution in [0, 0.1) is 0 Å². The van der Waals surface area contributed by atoms with Gasteiger partial charge in [-0.25, -0.2) is 0 Å². The van der Waals surface area contributed by atoms with Gasteiger partial charge in [-0.15, -0.1) is 12.4 Å². The highest BCUT2D eigenvalue weighted by Crippen LogP contribution is 2.24. The number of aliphatic hydroxyl groups is 1. The van der Waals surface area contributed by atoms with Gasteiger partial charge in [-0.3, -0.25) is 0 Å². The highest BCUT2D eigenvalue weighted by molar-refractivity contribution is 6.31. The van der Waals surface area contributed by atoms with Gasteiger partial charge in [-0.1, -0.05) is 60.1 Å². The lowest BCUT2D eigenvalue weighted by Gasteiger charge is -2.20. The topological polar surface area (TPSA) is 46.2 Å². The summed E-state index contributed by atoms with van der Waals surface area (Å²) in [5, 5.41) is 10.8. The Labute approximate surface area is 124 Å². The molecule has 0 radical (unpaired) electrons. The summed E-state index contributed by atoms with van der Waals surface area (Å²) in [6, 6.07) is 16.7. The number of benzene rings is 2. The van der Waals surface area contributed by atoms with Crippen LogP contribution in [-0.4, -0.2) is 11.2 Å². The minimum atomic E-state index is -0.646. The van der Waals surface area contributed by atoms with Crippen LogP contribution in [0.3, 0.4) is 0 Å². The van der Waals surface area contributed by atoms with Gasteiger partial charge in [0.2, 0.25) is 0 Å². The maximum Gasteiger partial charge on any atom is 0.0773 e. The molecule has 0 saturated carbocycles. The standard InChI is InChI=1S/C15H16ClNO.ClH/c16-13-9-5-4-8-12(13)15(17)14(18)10-11-6-2-1-3-7-11;/h1-9,14-15,18H,10,17H2;1H/t14-,15+;/m1./s1. The molecule has 0 aromatic heterocycles. The van der Waals surface area contributed by atoms with Gasteiger partial charge in [0.1, 0.15) is 0 Å². The van der Waals surface area contributed by atoms with Crippen molar-refractivity contribution in [1.29, 1.82) is 0 Å². The van der Waals surface area contributed by atoms with Crippen LogP contribution >= 0.6 is 24.0 Å². The van der Waals surface area contributed by atoms with Crippen LogP contribution in [0.5, 0.6) is 0 Å². The lowest BCUT2D eigenvalue weighted by molar-refractivity contribution is 0.145. The third-order valence-electron chi connectivity index (χ3n) is 2.97. The molecule has 102 valence electrons. The van der Waals surface area contributed by atoms with Gasteiger partial charge >= 0.3 is 0 Å². The summed E-state index contributed by atoms with van der Waals surface area (Å²) in [4.78, 5) is 0. The molecule has 0 unspecified atom stereocenters. The van der Waals surface area contributed by atoms with Gasteiger partial charge in [0.15, 0.2) is 0 Å². The van der Waals surface area contributed by atoms with E-state index >= 15 is 0 Å². The number of rotatable bonds is 4. The molecule has 0 fully saturated rings. The van der Waals surface area contributed by atoms with Crippen LogP contribution in [0.2, 0.25) is 5.02 Å². The smallest absolute Gasteiger partial charge is 0.0773 e. The fourth-order valence-electron chi connectivity index (χ4n) is 1.94. The molecule has 0 heterocycles. The van der Waals surface area contributed by atoms with Gasteiger partial charge in [0.25, 0.3) is 0 Å². The van der Waals surface area contributed by atoms with E-state index in [9.17, 15) is 5.11 Å². The van der Waals surface area contributed by atoms with E-state index in [2.05, 4.69) is 0 Å². The molecule has 2 rings (SSSR count). The zero-order valence-electron chi connectivity index (χ0n) is 10.4. The van der Waals surface area contributed by atoms with Crippen LogP contribution in [0.25, 0.3) is 0 Å². The zero-order chi connectivity index (χ0) is 13.0. The molecule has 0 aliphatic heterocycles. The molecule has 0 bridgehead atoms. The normalized spacial score (nSPS) is 13.4. The molecule has 2 atom stereocenters. The minimum absolute atomic E-state index is 0. The minimum Gasteiger partial charge on any atom is -0.391 e. The Kier molecular flexibility index (Phi) is 6.32. The Hall–Kier alpha value is -1.06. The molecule has 2 aromatic carbocycles. The van der Waals surface area contributed by atoms with Gasteiger partial charge in [0, 0.05) is 11.4 Å². The number of nitrogens with two attached hydrogens (primary N) is 1. The predicted octanol–water partition coefficient (Wildman–Crippen LogP) is 3.37. The maximum absolute atomic E-state index is 10.2. The molecule has 19 heavy (non-hydrogen) atoms. The maximum atomic E-state index is 10.2. The number of hydrogen-bond donors (Lipinski definition) is 2. The van der Waals surface area contributed by atoms with Crippen molar-refractivity contribution >= 4 is 24.0 Å². The summed E-state index contributed by atoms with van der Waals surface area (Å²) in [7, 11) is 0. The van der Waals surface area contributed by atoms with E-state index in [-0.39, 0.29) is 12.4 Å². The van der Waals surface area contributed by atoms with Crippen molar-refractivity contribution in [3.05, 3.63) is 70.7 Å². The van der Waals surface area contributed by atoms with Gasteiger partial charge in [-0.2, -0.15) is 0 Å². The SMILES string of the molecule is Cl.N[C@@H](c1ccccc1Cl)[C@H](O)Cc1ccccc1. The van der Waals surface area contributed by atoms with E-state index < -0.39 is 12.1 Å². The molecule has 0 aliphatic rings. The second kappa shape index (κ2) is 7.51. The van der Waals surface area contributed by atoms with E-state index in [0.717, 1.165) is 11.1 Å². The van der Waals surface area contributed by atoms with Crippen LogP contribution in [0.15, 0.2) is 54.6 Å². The molecular formula is C15H17Cl2NO.